The highest BCUT2D eigenvalue weighted by Crippen LogP contribution is 2.34. The Morgan fingerprint density at radius 2 is 1.91 bits per heavy atom. The van der Waals surface area contributed by atoms with Crippen molar-refractivity contribution in [3.63, 3.8) is 0 Å². The van der Waals surface area contributed by atoms with Crippen LogP contribution in [0.5, 0.6) is 17.2 Å². The van der Waals surface area contributed by atoms with Gasteiger partial charge in [-0.05, 0) is 43.3 Å². The number of aromatic amines is 1. The van der Waals surface area contributed by atoms with Crippen LogP contribution in [0.25, 0.3) is 22.7 Å². The lowest BCUT2D eigenvalue weighted by Gasteiger charge is -2.14. The van der Waals surface area contributed by atoms with Gasteiger partial charge in [-0.15, -0.1) is 0 Å². The van der Waals surface area contributed by atoms with Crippen LogP contribution < -0.4 is 19.5 Å². The predicted octanol–water partition coefficient (Wildman–Crippen LogP) is 4.97. The second-order valence-electron chi connectivity index (χ2n) is 7.72. The second-order valence-corrected chi connectivity index (χ2v) is 7.72. The van der Waals surface area contributed by atoms with Crippen LogP contribution in [0.4, 0.5) is 5.69 Å². The lowest BCUT2D eigenvalue weighted by molar-refractivity contribution is -0.118. The third-order valence-corrected chi connectivity index (χ3v) is 5.28. The van der Waals surface area contributed by atoms with Gasteiger partial charge in [0.1, 0.15) is 17.6 Å². The van der Waals surface area contributed by atoms with Crippen LogP contribution in [0.2, 0.25) is 0 Å². The summed E-state index contributed by atoms with van der Waals surface area (Å²) in [6.45, 7) is 1.74. The lowest BCUT2D eigenvalue weighted by atomic mass is 10.1. The van der Waals surface area contributed by atoms with E-state index in [1.54, 1.807) is 37.5 Å². The van der Waals surface area contributed by atoms with Crippen LogP contribution in [0.15, 0.2) is 60.7 Å². The van der Waals surface area contributed by atoms with Gasteiger partial charge < -0.3 is 24.5 Å². The van der Waals surface area contributed by atoms with Gasteiger partial charge in [0, 0.05) is 17.3 Å². The number of rotatable bonds is 8. The molecule has 2 N–H and O–H groups in total. The van der Waals surface area contributed by atoms with E-state index in [0.717, 1.165) is 11.1 Å². The fourth-order valence-electron chi connectivity index (χ4n) is 3.49. The number of imidazole rings is 1. The van der Waals surface area contributed by atoms with Crippen molar-refractivity contribution in [2.75, 3.05) is 26.1 Å². The maximum Gasteiger partial charge on any atom is 0.262 e. The Labute approximate surface area is 202 Å². The number of hydrogen-bond donors (Lipinski definition) is 2. The number of nitrogens with zero attached hydrogens (tertiary/aromatic N) is 2. The van der Waals surface area contributed by atoms with Gasteiger partial charge in [0.2, 0.25) is 0 Å². The highest BCUT2D eigenvalue weighted by molar-refractivity contribution is 5.93. The average Bonchev–Trinajstić information content (AvgIpc) is 3.30. The maximum atomic E-state index is 12.5. The third-order valence-electron chi connectivity index (χ3n) is 5.28. The highest BCUT2D eigenvalue weighted by atomic mass is 16.5. The fraction of sp³-hybridized carbons (Fsp3) is 0.148. The first-order valence-corrected chi connectivity index (χ1v) is 10.8. The number of fused-ring (bicyclic) bond motifs is 1. The van der Waals surface area contributed by atoms with Crippen molar-refractivity contribution in [1.29, 1.82) is 5.26 Å². The summed E-state index contributed by atoms with van der Waals surface area (Å²) in [7, 11) is 3.10. The predicted molar refractivity (Wildman–Crippen MR) is 134 cm³/mol. The molecule has 8 nitrogen and oxygen atoms in total. The van der Waals surface area contributed by atoms with Crippen molar-refractivity contribution in [2.45, 2.75) is 6.92 Å². The van der Waals surface area contributed by atoms with E-state index < -0.39 is 0 Å². The molecule has 8 heteroatoms. The molecule has 0 radical (unpaired) electrons. The van der Waals surface area contributed by atoms with Gasteiger partial charge in [-0.2, -0.15) is 5.26 Å². The topological polar surface area (TPSA) is 109 Å². The number of benzene rings is 3. The second kappa shape index (κ2) is 10.4. The van der Waals surface area contributed by atoms with Crippen molar-refractivity contribution >= 4 is 34.3 Å². The Hall–Kier alpha value is -4.77. The Morgan fingerprint density at radius 3 is 2.63 bits per heavy atom. The summed E-state index contributed by atoms with van der Waals surface area (Å²) >= 11 is 0. The first kappa shape index (κ1) is 23.4. The van der Waals surface area contributed by atoms with Crippen molar-refractivity contribution in [3.8, 4) is 23.3 Å². The number of carbonyl (C=O) groups is 1. The Kier molecular flexibility index (Phi) is 6.98. The fourth-order valence-corrected chi connectivity index (χ4v) is 3.49. The molecule has 0 aliphatic rings. The first-order chi connectivity index (χ1) is 17.0. The lowest BCUT2D eigenvalue weighted by Crippen LogP contribution is -2.20. The minimum atomic E-state index is -0.318. The molecule has 0 atom stereocenters. The monoisotopic (exact) mass is 468 g/mol. The van der Waals surface area contributed by atoms with Crippen molar-refractivity contribution in [3.05, 3.63) is 77.6 Å². The molecule has 0 bridgehead atoms. The number of nitrogens with one attached hydrogen (secondary N) is 2. The van der Waals surface area contributed by atoms with Gasteiger partial charge in [-0.25, -0.2) is 4.98 Å². The molecule has 0 spiro atoms. The van der Waals surface area contributed by atoms with Crippen molar-refractivity contribution < 1.29 is 19.0 Å². The summed E-state index contributed by atoms with van der Waals surface area (Å²) < 4.78 is 16.5. The van der Waals surface area contributed by atoms with E-state index in [1.165, 1.54) is 7.11 Å². The minimum Gasteiger partial charge on any atom is -0.497 e. The zero-order valence-electron chi connectivity index (χ0n) is 19.6. The summed E-state index contributed by atoms with van der Waals surface area (Å²) in [4.78, 5) is 20.1. The van der Waals surface area contributed by atoms with E-state index >= 15 is 0 Å². The molecule has 1 amide bonds. The number of aryl methyl sites for hydroxylation is 1. The number of hydrogen-bond acceptors (Lipinski definition) is 6. The number of carbonyl (C=O) groups excluding carboxylic acids is 1. The van der Waals surface area contributed by atoms with Crippen molar-refractivity contribution in [2.24, 2.45) is 0 Å². The number of allylic oxidation sites excluding steroid dienone is 1. The van der Waals surface area contributed by atoms with E-state index in [9.17, 15) is 10.1 Å². The standard InChI is InChI=1S/C27H24N4O4/c1-17-7-9-20(10-8-17)29-25(32)16-35-26-18(5-4-6-24(26)34-3)13-19(15-28)27-30-22-12-11-21(33-2)14-23(22)31-27/h4-14H,16H2,1-3H3,(H,29,32)(H,30,31)/b19-13-. The SMILES string of the molecule is COc1ccc2nc(/C(C#N)=C\c3cccc(OC)c3OCC(=O)Nc3ccc(C)cc3)[nH]c2c1. The van der Waals surface area contributed by atoms with Crippen LogP contribution in [0, 0.1) is 18.3 Å². The van der Waals surface area contributed by atoms with Crippen molar-refractivity contribution in [1.82, 2.24) is 9.97 Å². The van der Waals surface area contributed by atoms with Crippen LogP contribution >= 0.6 is 0 Å². The number of ether oxygens (including phenoxy) is 3. The molecule has 4 aromatic rings. The van der Waals surface area contributed by atoms with Crippen LogP contribution in [0.3, 0.4) is 0 Å². The molecule has 0 fully saturated rings. The van der Waals surface area contributed by atoms with Gasteiger partial charge in [0.25, 0.3) is 5.91 Å². The molecular formula is C27H24N4O4. The molecule has 1 aromatic heterocycles. The Bertz CT molecular complexity index is 1430. The number of para-hydroxylation sites is 1. The first-order valence-electron chi connectivity index (χ1n) is 10.8. The molecule has 0 saturated heterocycles. The van der Waals surface area contributed by atoms with Gasteiger partial charge in [-0.1, -0.05) is 29.8 Å². The van der Waals surface area contributed by atoms with E-state index in [-0.39, 0.29) is 12.5 Å². The minimum absolute atomic E-state index is 0.235. The van der Waals surface area contributed by atoms with Gasteiger partial charge in [0.15, 0.2) is 18.1 Å². The molecular weight excluding hydrogens is 444 g/mol. The molecule has 35 heavy (non-hydrogen) atoms. The number of nitriles is 1. The van der Waals surface area contributed by atoms with E-state index in [0.29, 0.717) is 45.4 Å². The number of amides is 1. The van der Waals surface area contributed by atoms with Gasteiger partial charge in [0.05, 0.1) is 30.8 Å². The van der Waals surface area contributed by atoms with E-state index in [2.05, 4.69) is 21.4 Å². The normalized spacial score (nSPS) is 11.1. The molecule has 176 valence electrons. The third kappa shape index (κ3) is 5.42. The molecule has 0 aliphatic heterocycles. The van der Waals surface area contributed by atoms with Crippen LogP contribution in [-0.2, 0) is 4.79 Å². The summed E-state index contributed by atoms with van der Waals surface area (Å²) in [6.07, 6.45) is 1.64. The summed E-state index contributed by atoms with van der Waals surface area (Å²) in [6, 6.07) is 20.4. The molecule has 0 unspecified atom stereocenters. The number of H-pyrrole nitrogens is 1. The number of methoxy groups -OCH3 is 2. The summed E-state index contributed by atoms with van der Waals surface area (Å²) in [5, 5.41) is 12.6. The summed E-state index contributed by atoms with van der Waals surface area (Å²) in [5.41, 5.74) is 4.09. The molecule has 4 rings (SSSR count). The molecule has 0 aliphatic carbocycles. The van der Waals surface area contributed by atoms with Crippen LogP contribution in [-0.4, -0.2) is 36.7 Å². The number of aromatic nitrogens is 2. The van der Waals surface area contributed by atoms with E-state index in [4.69, 9.17) is 14.2 Å². The maximum absolute atomic E-state index is 12.5. The van der Waals surface area contributed by atoms with Gasteiger partial charge >= 0.3 is 0 Å². The smallest absolute Gasteiger partial charge is 0.262 e. The zero-order valence-corrected chi connectivity index (χ0v) is 19.6. The quantitative estimate of drug-likeness (QED) is 0.353. The Balaban J connectivity index is 1.60. The van der Waals surface area contributed by atoms with E-state index in [1.807, 2.05) is 43.3 Å². The average molecular weight is 469 g/mol. The summed E-state index contributed by atoms with van der Waals surface area (Å²) in [5.74, 6) is 1.55. The van der Waals surface area contributed by atoms with Gasteiger partial charge in [-0.3, -0.25) is 4.79 Å². The largest absolute Gasteiger partial charge is 0.497 e. The molecule has 1 heterocycles. The number of anilines is 1. The van der Waals surface area contributed by atoms with Crippen LogP contribution in [0.1, 0.15) is 17.0 Å². The molecule has 0 saturated carbocycles. The zero-order chi connectivity index (χ0) is 24.8. The Morgan fingerprint density at radius 1 is 1.11 bits per heavy atom. The molecule has 3 aromatic carbocycles. The highest BCUT2D eigenvalue weighted by Gasteiger charge is 2.15.